The van der Waals surface area contributed by atoms with Crippen LogP contribution in [0.15, 0.2) is 41.9 Å². The van der Waals surface area contributed by atoms with Crippen LogP contribution in [0.2, 0.25) is 5.02 Å². The third-order valence-corrected chi connectivity index (χ3v) is 5.90. The SMILES string of the molecule is C[C@H](/C=C/S(C)(=O)=O)NC(=O)c1cnc(N2CCCC2c2ccc(F)cc2Cl)cc1F. The number of amides is 1. The van der Waals surface area contributed by atoms with E-state index in [-0.39, 0.29) is 11.6 Å². The van der Waals surface area contributed by atoms with E-state index in [9.17, 15) is 22.0 Å². The largest absolute Gasteiger partial charge is 0.349 e. The highest BCUT2D eigenvalue weighted by Gasteiger charge is 2.29. The summed E-state index contributed by atoms with van der Waals surface area (Å²) in [6, 6.07) is 4.57. The zero-order valence-corrected chi connectivity index (χ0v) is 18.6. The van der Waals surface area contributed by atoms with E-state index in [1.54, 1.807) is 13.0 Å². The van der Waals surface area contributed by atoms with Gasteiger partial charge in [-0.05, 0) is 37.5 Å². The molecule has 1 aromatic heterocycles. The highest BCUT2D eigenvalue weighted by molar-refractivity contribution is 7.93. The lowest BCUT2D eigenvalue weighted by atomic mass is 10.0. The highest BCUT2D eigenvalue weighted by atomic mass is 35.5. The number of anilines is 1. The lowest BCUT2D eigenvalue weighted by molar-refractivity contribution is 0.0942. The molecule has 1 aliphatic rings. The summed E-state index contributed by atoms with van der Waals surface area (Å²) in [6.07, 6.45) is 5.06. The Kier molecular flexibility index (Phi) is 6.96. The molecule has 1 aromatic carbocycles. The Morgan fingerprint density at radius 2 is 2.10 bits per heavy atom. The first-order chi connectivity index (χ1) is 14.5. The Bertz CT molecular complexity index is 1120. The lowest BCUT2D eigenvalue weighted by Gasteiger charge is -2.27. The molecule has 2 aromatic rings. The van der Waals surface area contributed by atoms with Gasteiger partial charge in [-0.3, -0.25) is 4.79 Å². The van der Waals surface area contributed by atoms with Crippen molar-refractivity contribution >= 4 is 33.2 Å². The van der Waals surface area contributed by atoms with Gasteiger partial charge in [0.2, 0.25) is 0 Å². The highest BCUT2D eigenvalue weighted by Crippen LogP contribution is 2.38. The molecule has 3 rings (SSSR count). The number of aromatic nitrogens is 1. The molecule has 10 heteroatoms. The van der Waals surface area contributed by atoms with Gasteiger partial charge in [-0.2, -0.15) is 0 Å². The van der Waals surface area contributed by atoms with E-state index in [4.69, 9.17) is 11.6 Å². The maximum atomic E-state index is 14.7. The van der Waals surface area contributed by atoms with E-state index in [0.29, 0.717) is 17.4 Å². The van der Waals surface area contributed by atoms with Crippen LogP contribution < -0.4 is 10.2 Å². The van der Waals surface area contributed by atoms with Gasteiger partial charge in [-0.15, -0.1) is 0 Å². The number of pyridine rings is 1. The summed E-state index contributed by atoms with van der Waals surface area (Å²) in [5.74, 6) is -1.54. The molecule has 1 fully saturated rings. The molecule has 0 spiro atoms. The van der Waals surface area contributed by atoms with Gasteiger partial charge in [0, 0.05) is 41.5 Å². The molecule has 1 unspecified atom stereocenters. The van der Waals surface area contributed by atoms with Gasteiger partial charge in [-0.25, -0.2) is 22.2 Å². The fourth-order valence-electron chi connectivity index (χ4n) is 3.47. The number of nitrogens with zero attached hydrogens (tertiary/aromatic N) is 2. The van der Waals surface area contributed by atoms with Crippen LogP contribution in [-0.2, 0) is 9.84 Å². The van der Waals surface area contributed by atoms with Crippen LogP contribution in [0.5, 0.6) is 0 Å². The maximum absolute atomic E-state index is 14.7. The molecule has 166 valence electrons. The van der Waals surface area contributed by atoms with Gasteiger partial charge >= 0.3 is 0 Å². The molecule has 0 radical (unpaired) electrons. The molecule has 1 saturated heterocycles. The number of hydrogen-bond acceptors (Lipinski definition) is 5. The van der Waals surface area contributed by atoms with Crippen LogP contribution in [0, 0.1) is 11.6 Å². The zero-order chi connectivity index (χ0) is 22.8. The topological polar surface area (TPSA) is 79.4 Å². The molecular weight excluding hydrogens is 448 g/mol. The van der Waals surface area contributed by atoms with Crippen LogP contribution in [0.3, 0.4) is 0 Å². The molecular formula is C21H22ClF2N3O3S. The Balaban J connectivity index is 1.78. The molecule has 0 saturated carbocycles. The quantitative estimate of drug-likeness (QED) is 0.691. The zero-order valence-electron chi connectivity index (χ0n) is 17.0. The number of rotatable bonds is 6. The predicted molar refractivity (Wildman–Crippen MR) is 116 cm³/mol. The lowest BCUT2D eigenvalue weighted by Crippen LogP contribution is -2.32. The summed E-state index contributed by atoms with van der Waals surface area (Å²) in [7, 11) is -3.33. The van der Waals surface area contributed by atoms with Gasteiger partial charge in [0.15, 0.2) is 9.84 Å². The van der Waals surface area contributed by atoms with Crippen molar-refractivity contribution in [2.45, 2.75) is 31.8 Å². The Morgan fingerprint density at radius 3 is 2.74 bits per heavy atom. The Morgan fingerprint density at radius 1 is 1.35 bits per heavy atom. The van der Waals surface area contributed by atoms with Crippen LogP contribution in [0.25, 0.3) is 0 Å². The second kappa shape index (κ2) is 9.32. The molecule has 0 aliphatic carbocycles. The number of halogens is 3. The third kappa shape index (κ3) is 5.80. The maximum Gasteiger partial charge on any atom is 0.256 e. The van der Waals surface area contributed by atoms with Gasteiger partial charge < -0.3 is 10.2 Å². The minimum atomic E-state index is -3.33. The van der Waals surface area contributed by atoms with Crippen molar-refractivity contribution in [1.29, 1.82) is 0 Å². The van der Waals surface area contributed by atoms with Crippen LogP contribution >= 0.6 is 11.6 Å². The monoisotopic (exact) mass is 469 g/mol. The van der Waals surface area contributed by atoms with Crippen molar-refractivity contribution in [2.75, 3.05) is 17.7 Å². The molecule has 31 heavy (non-hydrogen) atoms. The minimum Gasteiger partial charge on any atom is -0.349 e. The molecule has 2 heterocycles. The van der Waals surface area contributed by atoms with Crippen molar-refractivity contribution < 1.29 is 22.0 Å². The molecule has 1 N–H and O–H groups in total. The summed E-state index contributed by atoms with van der Waals surface area (Å²) >= 11 is 6.21. The number of benzene rings is 1. The first-order valence-corrected chi connectivity index (χ1v) is 11.9. The second-order valence-corrected chi connectivity index (χ2v) is 9.80. The Hall–Kier alpha value is -2.52. The van der Waals surface area contributed by atoms with Gasteiger partial charge in [-0.1, -0.05) is 23.7 Å². The average Bonchev–Trinajstić information content (AvgIpc) is 3.15. The van der Waals surface area contributed by atoms with Gasteiger partial charge in [0.1, 0.15) is 17.5 Å². The van der Waals surface area contributed by atoms with Crippen molar-refractivity contribution in [3.8, 4) is 0 Å². The number of hydrogen-bond donors (Lipinski definition) is 1. The molecule has 0 bridgehead atoms. The van der Waals surface area contributed by atoms with E-state index in [1.807, 2.05) is 4.90 Å². The van der Waals surface area contributed by atoms with Crippen LogP contribution in [0.1, 0.15) is 41.7 Å². The average molecular weight is 470 g/mol. The first kappa shape index (κ1) is 23.1. The van der Waals surface area contributed by atoms with E-state index in [1.165, 1.54) is 24.3 Å². The van der Waals surface area contributed by atoms with Crippen molar-refractivity contribution in [3.05, 3.63) is 69.7 Å². The Labute approximate surface area is 184 Å². The molecule has 2 atom stereocenters. The number of nitrogens with one attached hydrogen (secondary N) is 1. The van der Waals surface area contributed by atoms with Crippen LogP contribution in [0.4, 0.5) is 14.6 Å². The molecule has 1 amide bonds. The summed E-state index contributed by atoms with van der Waals surface area (Å²) in [5.41, 5.74) is 0.481. The second-order valence-electron chi connectivity index (χ2n) is 7.46. The number of sulfone groups is 1. The predicted octanol–water partition coefficient (Wildman–Crippen LogP) is 4.03. The number of carbonyl (C=O) groups excluding carboxylic acids is 1. The fourth-order valence-corrected chi connectivity index (χ4v) is 4.29. The molecule has 1 aliphatic heterocycles. The summed E-state index contributed by atoms with van der Waals surface area (Å²) in [4.78, 5) is 18.5. The van der Waals surface area contributed by atoms with Gasteiger partial charge in [0.25, 0.3) is 5.91 Å². The van der Waals surface area contributed by atoms with Crippen molar-refractivity contribution in [3.63, 3.8) is 0 Å². The van der Waals surface area contributed by atoms with E-state index >= 15 is 0 Å². The van der Waals surface area contributed by atoms with E-state index < -0.39 is 33.4 Å². The fraction of sp³-hybridized carbons (Fsp3) is 0.333. The number of carbonyl (C=O) groups is 1. The van der Waals surface area contributed by atoms with Crippen molar-refractivity contribution in [2.24, 2.45) is 0 Å². The summed E-state index contributed by atoms with van der Waals surface area (Å²) in [6.45, 7) is 2.18. The van der Waals surface area contributed by atoms with Crippen LogP contribution in [-0.4, -0.2) is 38.2 Å². The standard InChI is InChI=1S/C21H22ClF2N3O3S/c1-13(7-9-31(2,29)30)26-21(28)16-12-25-20(11-18(16)24)27-8-3-4-19(27)15-6-5-14(23)10-17(15)22/h5-7,9-13,19H,3-4,8H2,1-2H3,(H,26,28)/b9-7+/t13-,19?/m1/s1. The van der Waals surface area contributed by atoms with Crippen molar-refractivity contribution in [1.82, 2.24) is 10.3 Å². The van der Waals surface area contributed by atoms with Gasteiger partial charge in [0.05, 0.1) is 11.6 Å². The molecule has 6 nitrogen and oxygen atoms in total. The first-order valence-electron chi connectivity index (χ1n) is 9.61. The minimum absolute atomic E-state index is 0.180. The summed E-state index contributed by atoms with van der Waals surface area (Å²) < 4.78 is 50.5. The summed E-state index contributed by atoms with van der Waals surface area (Å²) in [5, 5.41) is 3.78. The third-order valence-electron chi connectivity index (χ3n) is 4.93. The normalized spacial score (nSPS) is 17.8. The smallest absolute Gasteiger partial charge is 0.256 e. The van der Waals surface area contributed by atoms with E-state index in [0.717, 1.165) is 36.3 Å². The van der Waals surface area contributed by atoms with E-state index in [2.05, 4.69) is 10.3 Å².